The maximum absolute atomic E-state index is 11.2. The van der Waals surface area contributed by atoms with Crippen LogP contribution in [-0.2, 0) is 15.3 Å². The van der Waals surface area contributed by atoms with Gasteiger partial charge in [-0.05, 0) is 26.1 Å². The van der Waals surface area contributed by atoms with Crippen LogP contribution in [-0.4, -0.2) is 18.0 Å². The summed E-state index contributed by atoms with van der Waals surface area (Å²) in [5, 5.41) is 4.04. The molecule has 0 fully saturated rings. The van der Waals surface area contributed by atoms with E-state index in [0.29, 0.717) is 5.69 Å². The second-order valence-electron chi connectivity index (χ2n) is 4.27. The summed E-state index contributed by atoms with van der Waals surface area (Å²) in [6.07, 6.45) is 0. The molecule has 1 aromatic carbocycles. The van der Waals surface area contributed by atoms with Gasteiger partial charge in [0.15, 0.2) is 0 Å². The summed E-state index contributed by atoms with van der Waals surface area (Å²) >= 11 is 0. The molecule has 4 nitrogen and oxygen atoms in total. The molecular weight excluding hydrogens is 228 g/mol. The van der Waals surface area contributed by atoms with Gasteiger partial charge in [-0.1, -0.05) is 24.3 Å². The van der Waals surface area contributed by atoms with E-state index in [1.54, 1.807) is 14.0 Å². The van der Waals surface area contributed by atoms with E-state index in [9.17, 15) is 4.79 Å². The van der Waals surface area contributed by atoms with Crippen molar-refractivity contribution in [1.29, 1.82) is 0 Å². The minimum absolute atomic E-state index is 0.346. The number of benzene rings is 1. The van der Waals surface area contributed by atoms with E-state index in [1.165, 1.54) is 6.92 Å². The van der Waals surface area contributed by atoms with Crippen LogP contribution in [0.3, 0.4) is 0 Å². The van der Waals surface area contributed by atoms with E-state index in [-0.39, 0.29) is 5.97 Å². The first-order chi connectivity index (χ1) is 8.55. The van der Waals surface area contributed by atoms with Crippen LogP contribution in [0, 0.1) is 0 Å². The summed E-state index contributed by atoms with van der Waals surface area (Å²) in [5.41, 5.74) is 0.651. The van der Waals surface area contributed by atoms with E-state index >= 15 is 0 Å². The number of pyridine rings is 1. The van der Waals surface area contributed by atoms with Gasteiger partial charge in [-0.25, -0.2) is 4.98 Å². The molecule has 0 aliphatic heterocycles. The Morgan fingerprint density at radius 3 is 2.67 bits per heavy atom. The molecular formula is C14H16N2O2. The summed E-state index contributed by atoms with van der Waals surface area (Å²) in [5.74, 6) is -0.346. The minimum atomic E-state index is -0.907. The van der Waals surface area contributed by atoms with E-state index in [1.807, 2.05) is 36.4 Å². The van der Waals surface area contributed by atoms with E-state index in [4.69, 9.17) is 4.74 Å². The molecule has 1 unspecified atom stereocenters. The first kappa shape index (κ1) is 12.5. The number of aromatic nitrogens is 1. The lowest BCUT2D eigenvalue weighted by molar-refractivity contribution is -0.160. The number of esters is 1. The average molecular weight is 244 g/mol. The molecule has 0 saturated heterocycles. The van der Waals surface area contributed by atoms with Gasteiger partial charge in [0.05, 0.1) is 11.2 Å². The van der Waals surface area contributed by atoms with Gasteiger partial charge in [0.2, 0.25) is 5.72 Å². The molecule has 0 radical (unpaired) electrons. The Kier molecular flexibility index (Phi) is 3.30. The topological polar surface area (TPSA) is 51.2 Å². The number of fused-ring (bicyclic) bond motifs is 1. The number of hydrogen-bond donors (Lipinski definition) is 1. The number of carbonyl (C=O) groups is 1. The average Bonchev–Trinajstić information content (AvgIpc) is 2.37. The van der Waals surface area contributed by atoms with Crippen LogP contribution < -0.4 is 5.32 Å². The Morgan fingerprint density at radius 1 is 1.28 bits per heavy atom. The Labute approximate surface area is 106 Å². The zero-order valence-corrected chi connectivity index (χ0v) is 10.7. The number of nitrogens with one attached hydrogen (secondary N) is 1. The quantitative estimate of drug-likeness (QED) is 0.664. The fourth-order valence-corrected chi connectivity index (χ4v) is 1.85. The van der Waals surface area contributed by atoms with Crippen molar-refractivity contribution in [1.82, 2.24) is 10.3 Å². The van der Waals surface area contributed by atoms with Crippen molar-refractivity contribution in [2.75, 3.05) is 7.05 Å². The smallest absolute Gasteiger partial charge is 0.304 e. The molecule has 4 heteroatoms. The summed E-state index contributed by atoms with van der Waals surface area (Å²) in [4.78, 5) is 15.7. The summed E-state index contributed by atoms with van der Waals surface area (Å²) in [6, 6.07) is 11.7. The number of nitrogens with zero attached hydrogens (tertiary/aromatic N) is 1. The van der Waals surface area contributed by atoms with Crippen LogP contribution in [0.4, 0.5) is 0 Å². The van der Waals surface area contributed by atoms with Crippen molar-refractivity contribution in [3.8, 4) is 0 Å². The standard InChI is InChI=1S/C14H16N2O2/c1-10(17)18-14(2,15-3)13-9-8-11-6-4-5-7-12(11)16-13/h4-9,15H,1-3H3. The monoisotopic (exact) mass is 244 g/mol. The molecule has 0 spiro atoms. The fraction of sp³-hybridized carbons (Fsp3) is 0.286. The first-order valence-corrected chi connectivity index (χ1v) is 5.80. The molecule has 1 N–H and O–H groups in total. The van der Waals surface area contributed by atoms with E-state index in [0.717, 1.165) is 10.9 Å². The lowest BCUT2D eigenvalue weighted by atomic mass is 10.1. The van der Waals surface area contributed by atoms with Crippen LogP contribution in [0.1, 0.15) is 19.5 Å². The summed E-state index contributed by atoms with van der Waals surface area (Å²) < 4.78 is 5.31. The predicted molar refractivity (Wildman–Crippen MR) is 69.9 cm³/mol. The van der Waals surface area contributed by atoms with Crippen molar-refractivity contribution in [3.63, 3.8) is 0 Å². The maximum atomic E-state index is 11.2. The van der Waals surface area contributed by atoms with Gasteiger partial charge in [0, 0.05) is 12.3 Å². The second kappa shape index (κ2) is 4.74. The van der Waals surface area contributed by atoms with Gasteiger partial charge < -0.3 is 4.74 Å². The molecule has 0 amide bonds. The Bertz CT molecular complexity index is 583. The third-order valence-electron chi connectivity index (χ3n) is 2.91. The van der Waals surface area contributed by atoms with Crippen molar-refractivity contribution < 1.29 is 9.53 Å². The van der Waals surface area contributed by atoms with Crippen LogP contribution in [0.15, 0.2) is 36.4 Å². The molecule has 1 heterocycles. The van der Waals surface area contributed by atoms with Gasteiger partial charge in [-0.2, -0.15) is 0 Å². The van der Waals surface area contributed by atoms with Gasteiger partial charge in [-0.3, -0.25) is 10.1 Å². The van der Waals surface area contributed by atoms with Gasteiger partial charge >= 0.3 is 5.97 Å². The van der Waals surface area contributed by atoms with Crippen molar-refractivity contribution in [2.24, 2.45) is 0 Å². The van der Waals surface area contributed by atoms with E-state index in [2.05, 4.69) is 10.3 Å². The van der Waals surface area contributed by atoms with Crippen LogP contribution >= 0.6 is 0 Å². The highest BCUT2D eigenvalue weighted by atomic mass is 16.6. The zero-order chi connectivity index (χ0) is 13.2. The van der Waals surface area contributed by atoms with Crippen LogP contribution in [0.5, 0.6) is 0 Å². The zero-order valence-electron chi connectivity index (χ0n) is 10.7. The Balaban J connectivity index is 2.48. The number of rotatable bonds is 3. The second-order valence-corrected chi connectivity index (χ2v) is 4.27. The summed E-state index contributed by atoms with van der Waals surface area (Å²) in [7, 11) is 1.74. The van der Waals surface area contributed by atoms with Crippen LogP contribution in [0.2, 0.25) is 0 Å². The normalized spacial score (nSPS) is 14.2. The van der Waals surface area contributed by atoms with Gasteiger partial charge in [0.1, 0.15) is 0 Å². The van der Waals surface area contributed by atoms with E-state index < -0.39 is 5.72 Å². The maximum Gasteiger partial charge on any atom is 0.304 e. The number of para-hydroxylation sites is 1. The molecule has 0 bridgehead atoms. The molecule has 0 saturated carbocycles. The molecule has 2 rings (SSSR count). The van der Waals surface area contributed by atoms with Crippen molar-refractivity contribution in [3.05, 3.63) is 42.1 Å². The largest absolute Gasteiger partial charge is 0.438 e. The molecule has 0 aliphatic carbocycles. The van der Waals surface area contributed by atoms with Crippen molar-refractivity contribution in [2.45, 2.75) is 19.6 Å². The molecule has 1 aromatic heterocycles. The number of hydrogen-bond acceptors (Lipinski definition) is 4. The lowest BCUT2D eigenvalue weighted by Gasteiger charge is -2.28. The Morgan fingerprint density at radius 2 is 2.00 bits per heavy atom. The molecule has 94 valence electrons. The SMILES string of the molecule is CNC(C)(OC(C)=O)c1ccc2ccccc2n1. The highest BCUT2D eigenvalue weighted by Gasteiger charge is 2.29. The number of carbonyl (C=O) groups excluding carboxylic acids is 1. The number of ether oxygens (including phenoxy) is 1. The first-order valence-electron chi connectivity index (χ1n) is 5.80. The fourth-order valence-electron chi connectivity index (χ4n) is 1.85. The van der Waals surface area contributed by atoms with Gasteiger partial charge in [-0.15, -0.1) is 0 Å². The third kappa shape index (κ3) is 2.33. The van der Waals surface area contributed by atoms with Crippen molar-refractivity contribution >= 4 is 16.9 Å². The van der Waals surface area contributed by atoms with Crippen LogP contribution in [0.25, 0.3) is 10.9 Å². The molecule has 2 aromatic rings. The minimum Gasteiger partial charge on any atom is -0.438 e. The Hall–Kier alpha value is -1.94. The molecule has 1 atom stereocenters. The summed E-state index contributed by atoms with van der Waals surface area (Å²) in [6.45, 7) is 3.17. The molecule has 0 aliphatic rings. The van der Waals surface area contributed by atoms with Gasteiger partial charge in [0.25, 0.3) is 0 Å². The highest BCUT2D eigenvalue weighted by molar-refractivity contribution is 5.78. The predicted octanol–water partition coefficient (Wildman–Crippen LogP) is 2.19. The third-order valence-corrected chi connectivity index (χ3v) is 2.91. The lowest BCUT2D eigenvalue weighted by Crippen LogP contribution is -2.41. The highest BCUT2D eigenvalue weighted by Crippen LogP contribution is 2.22. The molecule has 18 heavy (non-hydrogen) atoms.